The Bertz CT molecular complexity index is 1530. The molecule has 9 rings (SSSR count). The summed E-state index contributed by atoms with van der Waals surface area (Å²) in [6.07, 6.45) is 9.33. The van der Waals surface area contributed by atoms with E-state index in [1.54, 1.807) is 11.1 Å². The van der Waals surface area contributed by atoms with Crippen molar-refractivity contribution >= 4 is 43.2 Å². The smallest absolute Gasteiger partial charge is 0.0711 e. The lowest BCUT2D eigenvalue weighted by atomic mass is 9.67. The summed E-state index contributed by atoms with van der Waals surface area (Å²) in [6.45, 7) is 0. The van der Waals surface area contributed by atoms with E-state index in [9.17, 15) is 0 Å². The van der Waals surface area contributed by atoms with Crippen molar-refractivity contribution < 1.29 is 0 Å². The second-order valence-corrected chi connectivity index (χ2v) is 10.4. The van der Waals surface area contributed by atoms with E-state index in [4.69, 9.17) is 4.98 Å². The SMILES string of the molecule is c1ccc2c(c1)c1ccccc1c1cc3c4c(cnc3cc21)C1CC2CC(C1)CC4C2. The molecule has 31 heavy (non-hydrogen) atoms. The van der Waals surface area contributed by atoms with Crippen LogP contribution in [-0.4, -0.2) is 4.98 Å². The normalized spacial score (nSPS) is 26.7. The zero-order valence-corrected chi connectivity index (χ0v) is 17.6. The van der Waals surface area contributed by atoms with E-state index in [0.717, 1.165) is 23.7 Å². The molecule has 1 heteroatoms. The van der Waals surface area contributed by atoms with Gasteiger partial charge in [-0.05, 0) is 111 Å². The third-order valence-corrected chi connectivity index (χ3v) is 8.79. The number of nitrogens with zero attached hydrogens (tertiary/aromatic N) is 1. The number of hydrogen-bond donors (Lipinski definition) is 0. The van der Waals surface area contributed by atoms with Gasteiger partial charge in [-0.3, -0.25) is 4.98 Å². The molecule has 4 bridgehead atoms. The van der Waals surface area contributed by atoms with Gasteiger partial charge in [-0.25, -0.2) is 0 Å². The van der Waals surface area contributed by atoms with Crippen LogP contribution in [0.15, 0.2) is 66.9 Å². The van der Waals surface area contributed by atoms with E-state index < -0.39 is 0 Å². The monoisotopic (exact) mass is 399 g/mol. The first-order valence-electron chi connectivity index (χ1n) is 12.0. The molecule has 0 saturated heterocycles. The van der Waals surface area contributed by atoms with Gasteiger partial charge >= 0.3 is 0 Å². The fourth-order valence-corrected chi connectivity index (χ4v) is 7.75. The molecular formula is C30H25N. The number of hydrogen-bond acceptors (Lipinski definition) is 1. The molecule has 150 valence electrons. The molecule has 2 unspecified atom stereocenters. The third kappa shape index (κ3) is 2.19. The average molecular weight is 400 g/mol. The van der Waals surface area contributed by atoms with Crippen molar-refractivity contribution in [2.24, 2.45) is 11.8 Å². The summed E-state index contributed by atoms with van der Waals surface area (Å²) in [5.74, 6) is 3.36. The predicted octanol–water partition coefficient (Wildman–Crippen LogP) is 8.09. The van der Waals surface area contributed by atoms with E-state index in [2.05, 4.69) is 66.9 Å². The Morgan fingerprint density at radius 2 is 1.10 bits per heavy atom. The zero-order chi connectivity index (χ0) is 20.1. The maximum Gasteiger partial charge on any atom is 0.0711 e. The molecule has 0 amide bonds. The van der Waals surface area contributed by atoms with Gasteiger partial charge in [0.25, 0.3) is 0 Å². The van der Waals surface area contributed by atoms with Gasteiger partial charge in [0.2, 0.25) is 0 Å². The summed E-state index contributed by atoms with van der Waals surface area (Å²) in [4.78, 5) is 5.07. The van der Waals surface area contributed by atoms with Gasteiger partial charge in [-0.2, -0.15) is 0 Å². The maximum absolute atomic E-state index is 5.07. The van der Waals surface area contributed by atoms with Gasteiger partial charge in [-0.15, -0.1) is 0 Å². The highest BCUT2D eigenvalue weighted by Gasteiger charge is 2.42. The molecule has 5 aromatic rings. The number of benzene rings is 4. The molecule has 4 aromatic carbocycles. The standard InChI is InChI=1S/C30H25N/c1-3-7-23-21(5-1)22-6-2-4-8-24(22)26-15-29-27(14-25(23)26)30-20-12-17-9-18(13-20)11-19(10-17)28(30)16-31-29/h1-8,14-20H,9-13H2. The van der Waals surface area contributed by atoms with Gasteiger partial charge in [0.15, 0.2) is 0 Å². The Morgan fingerprint density at radius 3 is 1.74 bits per heavy atom. The van der Waals surface area contributed by atoms with Crippen molar-refractivity contribution in [3.63, 3.8) is 0 Å². The molecule has 0 aliphatic heterocycles. The molecule has 4 aliphatic rings. The minimum Gasteiger partial charge on any atom is -0.256 e. The van der Waals surface area contributed by atoms with Crippen molar-refractivity contribution in [2.45, 2.75) is 43.9 Å². The van der Waals surface area contributed by atoms with Crippen molar-refractivity contribution in [3.8, 4) is 0 Å². The van der Waals surface area contributed by atoms with E-state index in [-0.39, 0.29) is 0 Å². The summed E-state index contributed by atoms with van der Waals surface area (Å²) in [5, 5.41) is 9.58. The van der Waals surface area contributed by atoms with E-state index in [1.807, 2.05) is 0 Å². The van der Waals surface area contributed by atoms with E-state index >= 15 is 0 Å². The molecule has 1 heterocycles. The van der Waals surface area contributed by atoms with Crippen molar-refractivity contribution in [1.82, 2.24) is 4.98 Å². The fraction of sp³-hybridized carbons (Fsp3) is 0.300. The van der Waals surface area contributed by atoms with E-state index in [0.29, 0.717) is 0 Å². The van der Waals surface area contributed by atoms with Crippen LogP contribution >= 0.6 is 0 Å². The molecule has 0 N–H and O–H groups in total. The Balaban J connectivity index is 1.54. The van der Waals surface area contributed by atoms with Crippen LogP contribution in [0, 0.1) is 11.8 Å². The molecule has 0 radical (unpaired) electrons. The first-order chi connectivity index (χ1) is 15.3. The molecule has 0 spiro atoms. The maximum atomic E-state index is 5.07. The quantitative estimate of drug-likeness (QED) is 0.189. The van der Waals surface area contributed by atoms with Gasteiger partial charge < -0.3 is 0 Å². The second-order valence-electron chi connectivity index (χ2n) is 10.4. The molecule has 2 saturated carbocycles. The first kappa shape index (κ1) is 16.7. The van der Waals surface area contributed by atoms with Crippen LogP contribution in [0.3, 0.4) is 0 Å². The number of aromatic nitrogens is 1. The highest BCUT2D eigenvalue weighted by Crippen LogP contribution is 2.57. The second kappa shape index (κ2) is 5.85. The minimum absolute atomic E-state index is 0.737. The minimum atomic E-state index is 0.737. The molecule has 4 aliphatic carbocycles. The number of rotatable bonds is 0. The van der Waals surface area contributed by atoms with Gasteiger partial charge in [0.1, 0.15) is 0 Å². The van der Waals surface area contributed by atoms with Crippen molar-refractivity contribution in [1.29, 1.82) is 0 Å². The highest BCUT2D eigenvalue weighted by molar-refractivity contribution is 6.27. The van der Waals surface area contributed by atoms with Crippen LogP contribution in [0.25, 0.3) is 43.2 Å². The van der Waals surface area contributed by atoms with Crippen LogP contribution in [0.2, 0.25) is 0 Å². The van der Waals surface area contributed by atoms with Crippen LogP contribution in [0.5, 0.6) is 0 Å². The zero-order valence-electron chi connectivity index (χ0n) is 17.6. The van der Waals surface area contributed by atoms with Crippen molar-refractivity contribution in [2.75, 3.05) is 0 Å². The molecule has 2 atom stereocenters. The Hall–Kier alpha value is -2.93. The number of fused-ring (bicyclic) bond motifs is 7. The van der Waals surface area contributed by atoms with E-state index in [1.165, 1.54) is 75.3 Å². The largest absolute Gasteiger partial charge is 0.256 e. The molecular weight excluding hydrogens is 374 g/mol. The van der Waals surface area contributed by atoms with Crippen LogP contribution in [0.4, 0.5) is 0 Å². The summed E-state index contributed by atoms with van der Waals surface area (Å²) in [5.41, 5.74) is 4.44. The summed E-state index contributed by atoms with van der Waals surface area (Å²) < 4.78 is 0. The fourth-order valence-electron chi connectivity index (χ4n) is 7.75. The Kier molecular flexibility index (Phi) is 3.16. The van der Waals surface area contributed by atoms with Crippen LogP contribution in [-0.2, 0) is 0 Å². The topological polar surface area (TPSA) is 12.9 Å². The lowest BCUT2D eigenvalue weighted by molar-refractivity contribution is 0.166. The van der Waals surface area contributed by atoms with Gasteiger partial charge in [-0.1, -0.05) is 48.5 Å². The lowest BCUT2D eigenvalue weighted by Crippen LogP contribution is -2.25. The predicted molar refractivity (Wildman–Crippen MR) is 130 cm³/mol. The van der Waals surface area contributed by atoms with Crippen LogP contribution < -0.4 is 0 Å². The lowest BCUT2D eigenvalue weighted by Gasteiger charge is -2.38. The van der Waals surface area contributed by atoms with Crippen LogP contribution in [0.1, 0.15) is 55.1 Å². The Morgan fingerprint density at radius 1 is 0.548 bits per heavy atom. The summed E-state index contributed by atoms with van der Waals surface area (Å²) >= 11 is 0. The van der Waals surface area contributed by atoms with Crippen molar-refractivity contribution in [3.05, 3.63) is 78.0 Å². The Labute approximate surface area is 182 Å². The molecule has 1 aromatic heterocycles. The summed E-state index contributed by atoms with van der Waals surface area (Å²) in [6, 6.07) is 22.7. The first-order valence-corrected chi connectivity index (χ1v) is 12.0. The van der Waals surface area contributed by atoms with Gasteiger partial charge in [0.05, 0.1) is 5.52 Å². The van der Waals surface area contributed by atoms with Gasteiger partial charge in [0, 0.05) is 11.6 Å². The number of pyridine rings is 1. The summed E-state index contributed by atoms with van der Waals surface area (Å²) in [7, 11) is 0. The highest BCUT2D eigenvalue weighted by atomic mass is 14.7. The third-order valence-electron chi connectivity index (χ3n) is 8.79. The average Bonchev–Trinajstić information content (AvgIpc) is 2.99. The molecule has 1 nitrogen and oxygen atoms in total. The molecule has 2 fully saturated rings.